The third-order valence-corrected chi connectivity index (χ3v) is 6.49. The molecular formula is C20H26ClN3O3S. The topological polar surface area (TPSA) is 78.5 Å². The van der Waals surface area contributed by atoms with Gasteiger partial charge >= 0.3 is 0 Å². The predicted octanol–water partition coefficient (Wildman–Crippen LogP) is 3.02. The van der Waals surface area contributed by atoms with Crippen molar-refractivity contribution in [1.82, 2.24) is 14.9 Å². The predicted molar refractivity (Wildman–Crippen MR) is 112 cm³/mol. The first-order valence-corrected chi connectivity index (χ1v) is 11.0. The van der Waals surface area contributed by atoms with Gasteiger partial charge in [-0.05, 0) is 49.5 Å². The van der Waals surface area contributed by atoms with E-state index in [0.717, 1.165) is 30.8 Å². The van der Waals surface area contributed by atoms with Gasteiger partial charge < -0.3 is 5.32 Å². The van der Waals surface area contributed by atoms with E-state index < -0.39 is 10.0 Å². The lowest BCUT2D eigenvalue weighted by atomic mass is 10.1. The van der Waals surface area contributed by atoms with E-state index in [-0.39, 0.29) is 21.4 Å². The molecule has 0 fully saturated rings. The quantitative estimate of drug-likeness (QED) is 0.649. The number of sulfonamides is 1. The Labute approximate surface area is 171 Å². The fraction of sp³-hybridized carbons (Fsp3) is 0.350. The number of benzene rings is 2. The zero-order valence-corrected chi connectivity index (χ0v) is 17.9. The van der Waals surface area contributed by atoms with Crippen molar-refractivity contribution in [3.63, 3.8) is 0 Å². The second-order valence-electron chi connectivity index (χ2n) is 6.27. The van der Waals surface area contributed by atoms with E-state index in [0.29, 0.717) is 6.54 Å². The first kappa shape index (κ1) is 22.4. The van der Waals surface area contributed by atoms with Crippen LogP contribution in [0.2, 0.25) is 5.02 Å². The molecule has 0 unspecified atom stereocenters. The molecule has 2 aromatic rings. The van der Waals surface area contributed by atoms with Gasteiger partial charge in [0.25, 0.3) is 5.91 Å². The molecule has 0 atom stereocenters. The lowest BCUT2D eigenvalue weighted by molar-refractivity contribution is 0.0950. The van der Waals surface area contributed by atoms with Gasteiger partial charge in [0.15, 0.2) is 0 Å². The summed E-state index contributed by atoms with van der Waals surface area (Å²) < 4.78 is 26.3. The third-order valence-electron chi connectivity index (χ3n) is 4.60. The highest BCUT2D eigenvalue weighted by Crippen LogP contribution is 2.22. The summed E-state index contributed by atoms with van der Waals surface area (Å²) in [5.41, 5.74) is 2.42. The molecule has 0 aliphatic carbocycles. The SMILES string of the molecule is CCN(CC)Cc1ccccc1CNC(=O)c1ccc(Cl)c(S(=O)(=O)NC)c1. The zero-order valence-electron chi connectivity index (χ0n) is 16.3. The molecule has 152 valence electrons. The first-order valence-electron chi connectivity index (χ1n) is 9.12. The maximum Gasteiger partial charge on any atom is 0.251 e. The molecule has 0 heterocycles. The number of hydrogen-bond donors (Lipinski definition) is 2. The molecule has 1 amide bonds. The molecule has 0 aliphatic rings. The molecule has 8 heteroatoms. The molecule has 0 saturated heterocycles. The minimum atomic E-state index is -3.75. The van der Waals surface area contributed by atoms with Gasteiger partial charge in [-0.2, -0.15) is 0 Å². The van der Waals surface area contributed by atoms with Crippen LogP contribution in [0.4, 0.5) is 0 Å². The van der Waals surface area contributed by atoms with E-state index in [2.05, 4.69) is 34.9 Å². The van der Waals surface area contributed by atoms with E-state index >= 15 is 0 Å². The molecule has 2 rings (SSSR count). The van der Waals surface area contributed by atoms with Crippen molar-refractivity contribution in [2.45, 2.75) is 31.8 Å². The van der Waals surface area contributed by atoms with Gasteiger partial charge in [0.2, 0.25) is 10.0 Å². The van der Waals surface area contributed by atoms with E-state index in [1.165, 1.54) is 25.2 Å². The molecule has 0 saturated carbocycles. The number of nitrogens with one attached hydrogen (secondary N) is 2. The number of amides is 1. The molecule has 2 aromatic carbocycles. The van der Waals surface area contributed by atoms with Crippen molar-refractivity contribution in [3.05, 3.63) is 64.2 Å². The molecule has 0 radical (unpaired) electrons. The summed E-state index contributed by atoms with van der Waals surface area (Å²) in [6, 6.07) is 12.2. The van der Waals surface area contributed by atoms with Gasteiger partial charge in [-0.1, -0.05) is 49.7 Å². The first-order chi connectivity index (χ1) is 13.3. The van der Waals surface area contributed by atoms with Crippen LogP contribution in [0.25, 0.3) is 0 Å². The summed E-state index contributed by atoms with van der Waals surface area (Å²) in [7, 11) is -2.45. The minimum Gasteiger partial charge on any atom is -0.348 e. The summed E-state index contributed by atoms with van der Waals surface area (Å²) >= 11 is 5.98. The number of halogens is 1. The Morgan fingerprint density at radius 2 is 1.71 bits per heavy atom. The largest absolute Gasteiger partial charge is 0.348 e. The average Bonchev–Trinajstić information content (AvgIpc) is 2.71. The normalized spacial score (nSPS) is 11.6. The Balaban J connectivity index is 2.16. The smallest absolute Gasteiger partial charge is 0.251 e. The van der Waals surface area contributed by atoms with Crippen LogP contribution in [0.1, 0.15) is 35.3 Å². The second-order valence-corrected chi connectivity index (χ2v) is 8.53. The molecule has 6 nitrogen and oxygen atoms in total. The Morgan fingerprint density at radius 1 is 1.07 bits per heavy atom. The third kappa shape index (κ3) is 5.54. The fourth-order valence-corrected chi connectivity index (χ4v) is 4.06. The Bertz CT molecular complexity index is 928. The summed E-state index contributed by atoms with van der Waals surface area (Å²) in [6.07, 6.45) is 0. The van der Waals surface area contributed by atoms with Crippen LogP contribution in [0, 0.1) is 0 Å². The fourth-order valence-electron chi connectivity index (χ4n) is 2.81. The van der Waals surface area contributed by atoms with Crippen LogP contribution >= 0.6 is 11.6 Å². The minimum absolute atomic E-state index is 0.0652. The van der Waals surface area contributed by atoms with Gasteiger partial charge in [0, 0.05) is 18.7 Å². The summed E-state index contributed by atoms with van der Waals surface area (Å²) in [6.45, 7) is 7.30. The molecule has 0 aliphatic heterocycles. The van der Waals surface area contributed by atoms with Crippen LogP contribution in [0.5, 0.6) is 0 Å². The van der Waals surface area contributed by atoms with Crippen molar-refractivity contribution in [2.75, 3.05) is 20.1 Å². The number of rotatable bonds is 9. The average molecular weight is 424 g/mol. The molecule has 28 heavy (non-hydrogen) atoms. The summed E-state index contributed by atoms with van der Waals surface area (Å²) in [5, 5.41) is 2.93. The van der Waals surface area contributed by atoms with Crippen molar-refractivity contribution >= 4 is 27.5 Å². The maximum absolute atomic E-state index is 12.6. The summed E-state index contributed by atoms with van der Waals surface area (Å²) in [4.78, 5) is 14.7. The van der Waals surface area contributed by atoms with Crippen molar-refractivity contribution in [1.29, 1.82) is 0 Å². The van der Waals surface area contributed by atoms with Gasteiger partial charge in [-0.25, -0.2) is 13.1 Å². The molecule has 0 aromatic heterocycles. The Hall–Kier alpha value is -1.93. The van der Waals surface area contributed by atoms with E-state index in [1.54, 1.807) is 0 Å². The van der Waals surface area contributed by atoms with Gasteiger partial charge in [-0.3, -0.25) is 9.69 Å². The highest BCUT2D eigenvalue weighted by Gasteiger charge is 2.18. The number of carbonyl (C=O) groups is 1. The lowest BCUT2D eigenvalue weighted by Gasteiger charge is -2.20. The number of nitrogens with zero attached hydrogens (tertiary/aromatic N) is 1. The maximum atomic E-state index is 12.6. The van der Waals surface area contributed by atoms with Gasteiger partial charge in [0.1, 0.15) is 4.90 Å². The zero-order chi connectivity index (χ0) is 20.7. The van der Waals surface area contributed by atoms with Gasteiger partial charge in [0.05, 0.1) is 5.02 Å². The highest BCUT2D eigenvalue weighted by atomic mass is 35.5. The summed E-state index contributed by atoms with van der Waals surface area (Å²) in [5.74, 6) is -0.359. The number of carbonyl (C=O) groups excluding carboxylic acids is 1. The molecule has 2 N–H and O–H groups in total. The van der Waals surface area contributed by atoms with E-state index in [1.807, 2.05) is 18.2 Å². The monoisotopic (exact) mass is 423 g/mol. The van der Waals surface area contributed by atoms with Gasteiger partial charge in [-0.15, -0.1) is 0 Å². The van der Waals surface area contributed by atoms with Crippen LogP contribution in [-0.2, 0) is 23.1 Å². The standard InChI is InChI=1S/C20H26ClN3O3S/c1-4-24(5-2)14-17-9-7-6-8-16(17)13-23-20(25)15-10-11-18(21)19(12-15)28(26,27)22-3/h6-12,22H,4-5,13-14H2,1-3H3,(H,23,25). The van der Waals surface area contributed by atoms with E-state index in [9.17, 15) is 13.2 Å². The van der Waals surface area contributed by atoms with Crippen LogP contribution in [0.3, 0.4) is 0 Å². The van der Waals surface area contributed by atoms with Crippen LogP contribution in [0.15, 0.2) is 47.4 Å². The molecular weight excluding hydrogens is 398 g/mol. The second kappa shape index (κ2) is 10.0. The van der Waals surface area contributed by atoms with Crippen molar-refractivity contribution in [2.24, 2.45) is 0 Å². The highest BCUT2D eigenvalue weighted by molar-refractivity contribution is 7.89. The molecule has 0 bridgehead atoms. The lowest BCUT2D eigenvalue weighted by Crippen LogP contribution is -2.26. The number of hydrogen-bond acceptors (Lipinski definition) is 4. The Morgan fingerprint density at radius 3 is 2.32 bits per heavy atom. The van der Waals surface area contributed by atoms with Crippen molar-refractivity contribution in [3.8, 4) is 0 Å². The van der Waals surface area contributed by atoms with Crippen molar-refractivity contribution < 1.29 is 13.2 Å². The van der Waals surface area contributed by atoms with Crippen LogP contribution < -0.4 is 10.0 Å². The van der Waals surface area contributed by atoms with Crippen LogP contribution in [-0.4, -0.2) is 39.4 Å². The van der Waals surface area contributed by atoms with E-state index in [4.69, 9.17) is 11.6 Å². The molecule has 0 spiro atoms. The Kier molecular flexibility index (Phi) is 8.00.